The molecule has 7 nitrogen and oxygen atoms in total. The number of rotatable bonds is 7. The van der Waals surface area contributed by atoms with Crippen LogP contribution in [0.25, 0.3) is 0 Å². The van der Waals surface area contributed by atoms with E-state index < -0.39 is 5.92 Å². The van der Waals surface area contributed by atoms with Crippen molar-refractivity contribution >= 4 is 29.1 Å². The lowest BCUT2D eigenvalue weighted by molar-refractivity contribution is -0.122. The molecule has 0 saturated carbocycles. The molecular weight excluding hydrogens is 430 g/mol. The molecule has 0 aliphatic carbocycles. The number of nitrogens with zero attached hydrogens (tertiary/aromatic N) is 1. The minimum atomic E-state index is -0.526. The van der Waals surface area contributed by atoms with Crippen molar-refractivity contribution in [3.05, 3.63) is 89.5 Å². The highest BCUT2D eigenvalue weighted by molar-refractivity contribution is 6.07. The van der Waals surface area contributed by atoms with Gasteiger partial charge in [-0.05, 0) is 36.8 Å². The molecule has 174 valence electrons. The first-order valence-corrected chi connectivity index (χ1v) is 11.1. The van der Waals surface area contributed by atoms with Gasteiger partial charge in [-0.25, -0.2) is 0 Å². The van der Waals surface area contributed by atoms with E-state index in [9.17, 15) is 14.4 Å². The maximum atomic E-state index is 13.0. The summed E-state index contributed by atoms with van der Waals surface area (Å²) in [5, 5.41) is 5.75. The molecule has 1 heterocycles. The van der Waals surface area contributed by atoms with Gasteiger partial charge >= 0.3 is 0 Å². The number of aryl methyl sites for hydroxylation is 1. The van der Waals surface area contributed by atoms with Crippen LogP contribution in [0.2, 0.25) is 0 Å². The fourth-order valence-electron chi connectivity index (χ4n) is 3.92. The molecule has 34 heavy (non-hydrogen) atoms. The van der Waals surface area contributed by atoms with Crippen LogP contribution < -0.4 is 20.3 Å². The largest absolute Gasteiger partial charge is 0.497 e. The molecule has 0 bridgehead atoms. The van der Waals surface area contributed by atoms with E-state index in [0.29, 0.717) is 29.2 Å². The predicted molar refractivity (Wildman–Crippen MR) is 131 cm³/mol. The summed E-state index contributed by atoms with van der Waals surface area (Å²) in [5.41, 5.74) is 3.62. The minimum absolute atomic E-state index is 0.102. The van der Waals surface area contributed by atoms with Crippen molar-refractivity contribution in [3.8, 4) is 5.75 Å². The van der Waals surface area contributed by atoms with Gasteiger partial charge in [0.2, 0.25) is 11.8 Å². The summed E-state index contributed by atoms with van der Waals surface area (Å²) in [5.74, 6) is -0.585. The number of amides is 3. The monoisotopic (exact) mass is 457 g/mol. The van der Waals surface area contributed by atoms with Crippen LogP contribution in [0.4, 0.5) is 11.4 Å². The van der Waals surface area contributed by atoms with Gasteiger partial charge in [0.25, 0.3) is 5.91 Å². The van der Waals surface area contributed by atoms with Gasteiger partial charge in [0.1, 0.15) is 5.75 Å². The minimum Gasteiger partial charge on any atom is -0.497 e. The molecule has 0 unspecified atom stereocenters. The molecule has 4 rings (SSSR count). The fraction of sp³-hybridized carbons (Fsp3) is 0.222. The van der Waals surface area contributed by atoms with Gasteiger partial charge in [-0.3, -0.25) is 14.4 Å². The van der Waals surface area contributed by atoms with Crippen molar-refractivity contribution in [3.63, 3.8) is 0 Å². The molecule has 1 atom stereocenters. The van der Waals surface area contributed by atoms with Crippen molar-refractivity contribution in [2.45, 2.75) is 19.9 Å². The SMILES string of the molecule is COc1cccc(N2C[C@H](C(=O)Nc3ccccc3C(=O)NCc3ccc(C)cc3)CC2=O)c1. The predicted octanol–water partition coefficient (Wildman–Crippen LogP) is 3.93. The molecule has 1 aliphatic rings. The number of methoxy groups -OCH3 is 1. The van der Waals surface area contributed by atoms with Gasteiger partial charge < -0.3 is 20.3 Å². The van der Waals surface area contributed by atoms with E-state index in [0.717, 1.165) is 11.1 Å². The van der Waals surface area contributed by atoms with Gasteiger partial charge in [0.05, 0.1) is 24.3 Å². The van der Waals surface area contributed by atoms with Crippen LogP contribution in [0.1, 0.15) is 27.9 Å². The van der Waals surface area contributed by atoms with Gasteiger partial charge in [-0.15, -0.1) is 0 Å². The molecule has 7 heteroatoms. The Bertz CT molecular complexity index is 1210. The third-order valence-corrected chi connectivity index (χ3v) is 5.86. The lowest BCUT2D eigenvalue weighted by atomic mass is 10.1. The van der Waals surface area contributed by atoms with Crippen LogP contribution in [0.5, 0.6) is 5.75 Å². The van der Waals surface area contributed by atoms with E-state index in [1.807, 2.05) is 37.3 Å². The van der Waals surface area contributed by atoms with Crippen molar-refractivity contribution in [2.24, 2.45) is 5.92 Å². The average molecular weight is 458 g/mol. The molecule has 2 N–H and O–H groups in total. The maximum Gasteiger partial charge on any atom is 0.253 e. The van der Waals surface area contributed by atoms with Crippen molar-refractivity contribution in [1.29, 1.82) is 0 Å². The third-order valence-electron chi connectivity index (χ3n) is 5.86. The van der Waals surface area contributed by atoms with Crippen LogP contribution in [-0.2, 0) is 16.1 Å². The Balaban J connectivity index is 1.42. The first-order chi connectivity index (χ1) is 16.4. The molecule has 3 amide bonds. The van der Waals surface area contributed by atoms with Gasteiger partial charge in [-0.1, -0.05) is 48.0 Å². The normalized spacial score (nSPS) is 15.2. The Morgan fingerprint density at radius 1 is 1.03 bits per heavy atom. The van der Waals surface area contributed by atoms with Crippen LogP contribution in [0.3, 0.4) is 0 Å². The Labute approximate surface area is 198 Å². The number of para-hydroxylation sites is 1. The number of nitrogens with one attached hydrogen (secondary N) is 2. The summed E-state index contributed by atoms with van der Waals surface area (Å²) in [6.45, 7) is 2.66. The highest BCUT2D eigenvalue weighted by Crippen LogP contribution is 2.29. The van der Waals surface area contributed by atoms with Crippen molar-refractivity contribution in [2.75, 3.05) is 23.9 Å². The number of carbonyl (C=O) groups excluding carboxylic acids is 3. The highest BCUT2D eigenvalue weighted by atomic mass is 16.5. The van der Waals surface area contributed by atoms with E-state index in [1.54, 1.807) is 54.5 Å². The second-order valence-corrected chi connectivity index (χ2v) is 8.31. The number of hydrogen-bond acceptors (Lipinski definition) is 4. The van der Waals surface area contributed by atoms with Crippen LogP contribution >= 0.6 is 0 Å². The van der Waals surface area contributed by atoms with Crippen LogP contribution in [0, 0.1) is 12.8 Å². The van der Waals surface area contributed by atoms with E-state index in [1.165, 1.54) is 0 Å². The molecule has 0 radical (unpaired) electrons. The zero-order valence-corrected chi connectivity index (χ0v) is 19.2. The summed E-state index contributed by atoms with van der Waals surface area (Å²) in [7, 11) is 1.57. The molecule has 1 fully saturated rings. The Hall–Kier alpha value is -4.13. The number of anilines is 2. The molecule has 0 aromatic heterocycles. The summed E-state index contributed by atoms with van der Waals surface area (Å²) >= 11 is 0. The average Bonchev–Trinajstić information content (AvgIpc) is 3.25. The zero-order valence-electron chi connectivity index (χ0n) is 19.2. The third kappa shape index (κ3) is 5.26. The first kappa shape index (κ1) is 23.0. The number of carbonyl (C=O) groups is 3. The number of benzene rings is 3. The van der Waals surface area contributed by atoms with E-state index in [-0.39, 0.29) is 30.7 Å². The van der Waals surface area contributed by atoms with Gasteiger partial charge in [0.15, 0.2) is 0 Å². The van der Waals surface area contributed by atoms with Crippen LogP contribution in [0.15, 0.2) is 72.8 Å². The summed E-state index contributed by atoms with van der Waals surface area (Å²) in [6.07, 6.45) is 0.102. The molecule has 1 aliphatic heterocycles. The number of hydrogen-bond donors (Lipinski definition) is 2. The topological polar surface area (TPSA) is 87.7 Å². The van der Waals surface area contributed by atoms with E-state index in [4.69, 9.17) is 4.74 Å². The fourth-order valence-corrected chi connectivity index (χ4v) is 3.92. The molecule has 3 aromatic rings. The smallest absolute Gasteiger partial charge is 0.253 e. The standard InChI is InChI=1S/C27H27N3O4/c1-18-10-12-19(13-11-18)16-28-27(33)23-8-3-4-9-24(23)29-26(32)20-14-25(31)30(17-20)21-6-5-7-22(15-21)34-2/h3-13,15,20H,14,16-17H2,1-2H3,(H,28,33)(H,29,32)/t20-/m1/s1. The molecule has 1 saturated heterocycles. The molecule has 0 spiro atoms. The van der Waals surface area contributed by atoms with Gasteiger partial charge in [-0.2, -0.15) is 0 Å². The molecule has 3 aromatic carbocycles. The van der Waals surface area contributed by atoms with E-state index >= 15 is 0 Å². The van der Waals surface area contributed by atoms with Gasteiger partial charge in [0, 0.05) is 31.3 Å². The van der Waals surface area contributed by atoms with E-state index in [2.05, 4.69) is 10.6 Å². The van der Waals surface area contributed by atoms with Crippen molar-refractivity contribution < 1.29 is 19.1 Å². The summed E-state index contributed by atoms with van der Waals surface area (Å²) in [4.78, 5) is 40.0. The zero-order chi connectivity index (χ0) is 24.1. The quantitative estimate of drug-likeness (QED) is 0.563. The Kier molecular flexibility index (Phi) is 6.92. The molecular formula is C27H27N3O4. The Morgan fingerprint density at radius 3 is 2.56 bits per heavy atom. The highest BCUT2D eigenvalue weighted by Gasteiger charge is 2.35. The second kappa shape index (κ2) is 10.2. The maximum absolute atomic E-state index is 13.0. The summed E-state index contributed by atoms with van der Waals surface area (Å²) in [6, 6.07) is 22.0. The lowest BCUT2D eigenvalue weighted by Gasteiger charge is -2.18. The van der Waals surface area contributed by atoms with Crippen LogP contribution in [-0.4, -0.2) is 31.4 Å². The second-order valence-electron chi connectivity index (χ2n) is 8.31. The summed E-state index contributed by atoms with van der Waals surface area (Å²) < 4.78 is 5.24. The Morgan fingerprint density at radius 2 is 1.79 bits per heavy atom. The first-order valence-electron chi connectivity index (χ1n) is 11.1. The van der Waals surface area contributed by atoms with Crippen molar-refractivity contribution in [1.82, 2.24) is 5.32 Å². The number of ether oxygens (including phenoxy) is 1. The lowest BCUT2D eigenvalue weighted by Crippen LogP contribution is -2.29.